The van der Waals surface area contributed by atoms with Gasteiger partial charge in [0, 0.05) is 25.7 Å². The molecule has 0 aromatic heterocycles. The van der Waals surface area contributed by atoms with Crippen molar-refractivity contribution in [1.29, 1.82) is 5.26 Å². The average Bonchev–Trinajstić information content (AvgIpc) is 3.39. The number of likely N-dealkylation sites (tertiary alicyclic amines) is 1. The fourth-order valence-corrected chi connectivity index (χ4v) is 5.66. The quantitative estimate of drug-likeness (QED) is 0.595. The predicted octanol–water partition coefficient (Wildman–Crippen LogP) is 0.413. The highest BCUT2D eigenvalue weighted by molar-refractivity contribution is 7.89. The number of carbonyl (C=O) groups is 2. The summed E-state index contributed by atoms with van der Waals surface area (Å²) >= 11 is 0. The minimum atomic E-state index is -4.11. The summed E-state index contributed by atoms with van der Waals surface area (Å²) in [6.45, 7) is 2.13. The number of esters is 1. The molecule has 0 aliphatic carbocycles. The van der Waals surface area contributed by atoms with E-state index in [-0.39, 0.29) is 49.2 Å². The highest BCUT2D eigenvalue weighted by Crippen LogP contribution is 2.31. The molecule has 1 amide bonds. The van der Waals surface area contributed by atoms with E-state index in [1.54, 1.807) is 6.92 Å². The summed E-state index contributed by atoms with van der Waals surface area (Å²) < 4.78 is 46.3. The molecule has 9 nitrogen and oxygen atoms in total. The van der Waals surface area contributed by atoms with E-state index in [1.807, 2.05) is 11.0 Å². The van der Waals surface area contributed by atoms with Gasteiger partial charge in [0.05, 0.1) is 23.1 Å². The number of amides is 1. The van der Waals surface area contributed by atoms with Crippen LogP contribution < -0.4 is 5.32 Å². The molecule has 2 heterocycles. The molecule has 2 aliphatic rings. The van der Waals surface area contributed by atoms with E-state index in [9.17, 15) is 22.4 Å². The number of halogens is 1. The van der Waals surface area contributed by atoms with Gasteiger partial charge in [0.15, 0.2) is 0 Å². The topological polar surface area (TPSA) is 120 Å². The van der Waals surface area contributed by atoms with Crippen molar-refractivity contribution in [3.8, 4) is 6.07 Å². The van der Waals surface area contributed by atoms with Crippen LogP contribution in [0.5, 0.6) is 0 Å². The van der Waals surface area contributed by atoms with Gasteiger partial charge in [-0.1, -0.05) is 6.07 Å². The molecule has 1 N–H and O–H groups in total. The van der Waals surface area contributed by atoms with Crippen LogP contribution in [-0.2, 0) is 24.3 Å². The Bertz CT molecular complexity index is 980. The Hall–Kier alpha value is -2.55. The summed E-state index contributed by atoms with van der Waals surface area (Å²) in [5.74, 6) is -1.24. The van der Waals surface area contributed by atoms with Gasteiger partial charge >= 0.3 is 5.97 Å². The normalized spacial score (nSPS) is 24.6. The van der Waals surface area contributed by atoms with Gasteiger partial charge < -0.3 is 10.1 Å². The largest absolute Gasteiger partial charge is 0.465 e. The Morgan fingerprint density at radius 2 is 2.13 bits per heavy atom. The third-order valence-electron chi connectivity index (χ3n) is 5.50. The Morgan fingerprint density at radius 3 is 2.77 bits per heavy atom. The SMILES string of the molecule is CCOC(=O)CNC(=O)C1C[C@@H](N2CC[C@@H](F)C2)CN1S(=O)(=O)c1cccc(C#N)c1. The van der Waals surface area contributed by atoms with Crippen LogP contribution in [0.15, 0.2) is 29.2 Å². The lowest BCUT2D eigenvalue weighted by Gasteiger charge is -2.24. The van der Waals surface area contributed by atoms with E-state index >= 15 is 0 Å². The maximum atomic E-state index is 13.7. The summed E-state index contributed by atoms with van der Waals surface area (Å²) in [5, 5.41) is 11.5. The number of hydrogen-bond acceptors (Lipinski definition) is 7. The third-order valence-corrected chi connectivity index (χ3v) is 7.37. The molecule has 0 radical (unpaired) electrons. The number of ether oxygens (including phenoxy) is 1. The molecule has 2 fully saturated rings. The van der Waals surface area contributed by atoms with Crippen molar-refractivity contribution in [2.45, 2.75) is 42.9 Å². The fourth-order valence-electron chi connectivity index (χ4n) is 3.98. The Morgan fingerprint density at radius 1 is 1.35 bits per heavy atom. The van der Waals surface area contributed by atoms with Crippen LogP contribution in [0.2, 0.25) is 0 Å². The number of nitriles is 1. The van der Waals surface area contributed by atoms with Crippen molar-refractivity contribution in [1.82, 2.24) is 14.5 Å². The van der Waals surface area contributed by atoms with Gasteiger partial charge in [-0.15, -0.1) is 0 Å². The summed E-state index contributed by atoms with van der Waals surface area (Å²) in [6.07, 6.45) is -0.430. The van der Waals surface area contributed by atoms with Crippen LogP contribution in [0, 0.1) is 11.3 Å². The standard InChI is InChI=1S/C20H25FN4O5S/c1-2-30-19(26)11-23-20(27)18-9-16(24-7-6-15(21)12-24)13-25(18)31(28,29)17-5-3-4-14(8-17)10-22/h3-5,8,15-16,18H,2,6-7,9,11-13H2,1H3,(H,23,27)/t15-,16-,18?/m1/s1. The first-order valence-electron chi connectivity index (χ1n) is 10.1. The summed E-state index contributed by atoms with van der Waals surface area (Å²) in [4.78, 5) is 26.2. The first-order valence-corrected chi connectivity index (χ1v) is 11.5. The minimum Gasteiger partial charge on any atom is -0.465 e. The van der Waals surface area contributed by atoms with Gasteiger partial charge in [-0.3, -0.25) is 14.5 Å². The maximum Gasteiger partial charge on any atom is 0.325 e. The van der Waals surface area contributed by atoms with Gasteiger partial charge in [0.2, 0.25) is 15.9 Å². The van der Waals surface area contributed by atoms with Gasteiger partial charge in [0.1, 0.15) is 18.8 Å². The number of rotatable bonds is 7. The summed E-state index contributed by atoms with van der Waals surface area (Å²) in [7, 11) is -4.11. The molecule has 3 atom stereocenters. The van der Waals surface area contributed by atoms with E-state index in [4.69, 9.17) is 10.00 Å². The number of sulfonamides is 1. The van der Waals surface area contributed by atoms with Crippen molar-refractivity contribution >= 4 is 21.9 Å². The zero-order valence-electron chi connectivity index (χ0n) is 17.2. The minimum absolute atomic E-state index is 0.0172. The fraction of sp³-hybridized carbons (Fsp3) is 0.550. The van der Waals surface area contributed by atoms with Crippen molar-refractivity contribution in [3.63, 3.8) is 0 Å². The first kappa shape index (κ1) is 23.1. The molecule has 11 heteroatoms. The van der Waals surface area contributed by atoms with Crippen LogP contribution in [-0.4, -0.2) is 80.5 Å². The van der Waals surface area contributed by atoms with Crippen LogP contribution in [0.4, 0.5) is 4.39 Å². The monoisotopic (exact) mass is 452 g/mol. The lowest BCUT2D eigenvalue weighted by atomic mass is 10.1. The van der Waals surface area contributed by atoms with E-state index in [0.717, 1.165) is 4.31 Å². The van der Waals surface area contributed by atoms with Crippen molar-refractivity contribution in [2.75, 3.05) is 32.8 Å². The number of carbonyl (C=O) groups excluding carboxylic acids is 2. The van der Waals surface area contributed by atoms with E-state index in [1.165, 1.54) is 24.3 Å². The van der Waals surface area contributed by atoms with Gasteiger partial charge in [0.25, 0.3) is 0 Å². The molecule has 1 aromatic carbocycles. The Balaban J connectivity index is 1.85. The van der Waals surface area contributed by atoms with Crippen LogP contribution in [0.25, 0.3) is 0 Å². The Kier molecular flexibility index (Phi) is 7.25. The third kappa shape index (κ3) is 5.20. The molecular weight excluding hydrogens is 427 g/mol. The molecule has 3 rings (SSSR count). The highest BCUT2D eigenvalue weighted by Gasteiger charge is 2.46. The molecule has 0 bridgehead atoms. The van der Waals surface area contributed by atoms with E-state index < -0.39 is 34.1 Å². The maximum absolute atomic E-state index is 13.7. The molecule has 0 saturated carbocycles. The average molecular weight is 453 g/mol. The molecule has 168 valence electrons. The zero-order valence-corrected chi connectivity index (χ0v) is 18.0. The van der Waals surface area contributed by atoms with Crippen molar-refractivity contribution in [3.05, 3.63) is 29.8 Å². The second-order valence-corrected chi connectivity index (χ2v) is 9.41. The highest BCUT2D eigenvalue weighted by atomic mass is 32.2. The van der Waals surface area contributed by atoms with Gasteiger partial charge in [-0.25, -0.2) is 12.8 Å². The number of nitrogens with zero attached hydrogens (tertiary/aromatic N) is 3. The molecule has 2 aliphatic heterocycles. The smallest absolute Gasteiger partial charge is 0.325 e. The van der Waals surface area contributed by atoms with E-state index in [0.29, 0.717) is 13.0 Å². The Labute approximate surface area is 180 Å². The van der Waals surface area contributed by atoms with Crippen molar-refractivity contribution in [2.24, 2.45) is 0 Å². The lowest BCUT2D eigenvalue weighted by molar-refractivity contribution is -0.143. The lowest BCUT2D eigenvalue weighted by Crippen LogP contribution is -2.47. The number of benzene rings is 1. The van der Waals surface area contributed by atoms with Crippen molar-refractivity contribution < 1.29 is 27.1 Å². The summed E-state index contributed by atoms with van der Waals surface area (Å²) in [6, 6.07) is 6.08. The van der Waals surface area contributed by atoms with Gasteiger partial charge in [-0.05, 0) is 38.0 Å². The second-order valence-electron chi connectivity index (χ2n) is 7.52. The van der Waals surface area contributed by atoms with Crippen LogP contribution in [0.3, 0.4) is 0 Å². The molecule has 1 unspecified atom stereocenters. The molecule has 31 heavy (non-hydrogen) atoms. The van der Waals surface area contributed by atoms with Crippen LogP contribution in [0.1, 0.15) is 25.3 Å². The number of hydrogen-bond donors (Lipinski definition) is 1. The molecule has 0 spiro atoms. The molecule has 2 saturated heterocycles. The zero-order chi connectivity index (χ0) is 22.6. The van der Waals surface area contributed by atoms with Crippen LogP contribution >= 0.6 is 0 Å². The summed E-state index contributed by atoms with van der Waals surface area (Å²) in [5.41, 5.74) is 0.181. The molecular formula is C20H25FN4O5S. The molecule has 1 aromatic rings. The number of nitrogens with one attached hydrogen (secondary N) is 1. The number of alkyl halides is 1. The van der Waals surface area contributed by atoms with Gasteiger partial charge in [-0.2, -0.15) is 9.57 Å². The second kappa shape index (κ2) is 9.72. The first-order chi connectivity index (χ1) is 14.8. The predicted molar refractivity (Wildman–Crippen MR) is 108 cm³/mol. The van der Waals surface area contributed by atoms with E-state index in [2.05, 4.69) is 5.32 Å².